The highest BCUT2D eigenvalue weighted by Gasteiger charge is 2.34. The van der Waals surface area contributed by atoms with Gasteiger partial charge < -0.3 is 19.7 Å². The average Bonchev–Trinajstić information content (AvgIpc) is 3.51. The molecule has 1 aliphatic rings. The summed E-state index contributed by atoms with van der Waals surface area (Å²) in [5.41, 5.74) is 2.51. The van der Waals surface area contributed by atoms with Crippen LogP contribution in [0.25, 0.3) is 0 Å². The number of nitrogens with one attached hydrogen (secondary N) is 1. The molecule has 45 heavy (non-hydrogen) atoms. The molecule has 0 saturated heterocycles. The van der Waals surface area contributed by atoms with Crippen LogP contribution in [0.15, 0.2) is 59.5 Å². The van der Waals surface area contributed by atoms with Gasteiger partial charge in [-0.1, -0.05) is 48.2 Å². The summed E-state index contributed by atoms with van der Waals surface area (Å²) in [5.74, 6) is -0.320. The molecule has 2 amide bonds. The van der Waals surface area contributed by atoms with Gasteiger partial charge in [0.05, 0.1) is 24.8 Å². The van der Waals surface area contributed by atoms with Crippen molar-refractivity contribution in [1.29, 1.82) is 0 Å². The molecule has 242 valence electrons. The number of carbonyl (C=O) groups is 2. The van der Waals surface area contributed by atoms with E-state index >= 15 is 0 Å². The highest BCUT2D eigenvalue weighted by atomic mass is 35.5. The first kappa shape index (κ1) is 34.4. The number of amides is 2. The van der Waals surface area contributed by atoms with Crippen molar-refractivity contribution in [3.63, 3.8) is 0 Å². The van der Waals surface area contributed by atoms with Gasteiger partial charge in [0.25, 0.3) is 10.0 Å². The smallest absolute Gasteiger partial charge is 0.264 e. The Morgan fingerprint density at radius 1 is 0.933 bits per heavy atom. The molecule has 9 nitrogen and oxygen atoms in total. The quantitative estimate of drug-likeness (QED) is 0.242. The van der Waals surface area contributed by atoms with Crippen molar-refractivity contribution in [1.82, 2.24) is 10.2 Å². The Kier molecular flexibility index (Phi) is 11.3. The third-order valence-electron chi connectivity index (χ3n) is 7.94. The molecule has 0 heterocycles. The molecule has 0 aromatic heterocycles. The number of ether oxygens (including phenoxy) is 2. The van der Waals surface area contributed by atoms with E-state index in [4.69, 9.17) is 32.7 Å². The number of aryl methyl sites for hydroxylation is 2. The summed E-state index contributed by atoms with van der Waals surface area (Å²) in [5, 5.41) is 3.81. The van der Waals surface area contributed by atoms with E-state index in [1.54, 1.807) is 37.3 Å². The normalized spacial score (nSPS) is 14.1. The summed E-state index contributed by atoms with van der Waals surface area (Å²) < 4.78 is 40.3. The zero-order chi connectivity index (χ0) is 32.9. The molecule has 12 heteroatoms. The van der Waals surface area contributed by atoms with Crippen LogP contribution in [0, 0.1) is 13.8 Å². The second kappa shape index (κ2) is 14.7. The molecule has 0 unspecified atom stereocenters. The number of hydrogen-bond acceptors (Lipinski definition) is 6. The number of carbonyl (C=O) groups excluding carboxylic acids is 2. The zero-order valence-corrected chi connectivity index (χ0v) is 28.4. The molecule has 1 saturated carbocycles. The molecule has 3 aromatic rings. The molecular formula is C33H39Cl2N3O6S. The average molecular weight is 677 g/mol. The minimum absolute atomic E-state index is 0.0354. The maximum Gasteiger partial charge on any atom is 0.264 e. The van der Waals surface area contributed by atoms with Gasteiger partial charge in [-0.3, -0.25) is 13.9 Å². The maximum atomic E-state index is 14.3. The topological polar surface area (TPSA) is 105 Å². The largest absolute Gasteiger partial charge is 0.493 e. The van der Waals surface area contributed by atoms with Crippen molar-refractivity contribution in [2.24, 2.45) is 0 Å². The fraction of sp³-hybridized carbons (Fsp3) is 0.394. The van der Waals surface area contributed by atoms with Gasteiger partial charge in [-0.2, -0.15) is 0 Å². The zero-order valence-electron chi connectivity index (χ0n) is 26.1. The number of rotatable bonds is 12. The summed E-state index contributed by atoms with van der Waals surface area (Å²) in [6, 6.07) is 13.6. The summed E-state index contributed by atoms with van der Waals surface area (Å²) in [6.45, 7) is 4.72. The molecule has 4 rings (SSSR count). The lowest BCUT2D eigenvalue weighted by atomic mass is 10.1. The molecule has 3 aromatic carbocycles. The Hall–Kier alpha value is -3.47. The first-order valence-electron chi connectivity index (χ1n) is 14.7. The molecule has 0 bridgehead atoms. The molecule has 1 aliphatic carbocycles. The van der Waals surface area contributed by atoms with E-state index in [1.165, 1.54) is 37.3 Å². The number of nitrogens with zero attached hydrogens (tertiary/aromatic N) is 2. The van der Waals surface area contributed by atoms with Crippen molar-refractivity contribution in [3.8, 4) is 11.5 Å². The summed E-state index contributed by atoms with van der Waals surface area (Å²) in [6.07, 6.45) is 3.81. The molecular weight excluding hydrogens is 637 g/mol. The standard InChI is InChI=1S/C33H39Cl2N3O6S/c1-21-14-22(2)16-27(15-21)38(45(41,42)28-12-13-30(43-4)31(18-28)44-5)20-32(39)37(19-24-10-11-25(34)17-29(24)35)23(3)33(40)36-26-8-6-7-9-26/h10-18,23,26H,6-9,19-20H2,1-5H3,(H,36,40)/t23-/m0/s1. The minimum atomic E-state index is -4.32. The van der Waals surface area contributed by atoms with Crippen LogP contribution in [0.2, 0.25) is 10.0 Å². The Morgan fingerprint density at radius 2 is 1.58 bits per heavy atom. The van der Waals surface area contributed by atoms with Gasteiger partial charge in [-0.05, 0) is 86.7 Å². The summed E-state index contributed by atoms with van der Waals surface area (Å²) in [7, 11) is -1.45. The van der Waals surface area contributed by atoms with E-state index in [2.05, 4.69) is 5.32 Å². The number of anilines is 1. The Morgan fingerprint density at radius 3 is 2.18 bits per heavy atom. The third kappa shape index (κ3) is 8.23. The molecule has 0 radical (unpaired) electrons. The van der Waals surface area contributed by atoms with Gasteiger partial charge in [0.15, 0.2) is 11.5 Å². The van der Waals surface area contributed by atoms with Crippen LogP contribution in [0.5, 0.6) is 11.5 Å². The van der Waals surface area contributed by atoms with Crippen molar-refractivity contribution < 1.29 is 27.5 Å². The number of hydrogen-bond donors (Lipinski definition) is 1. The van der Waals surface area contributed by atoms with Crippen LogP contribution in [0.3, 0.4) is 0 Å². The van der Waals surface area contributed by atoms with E-state index in [1.807, 2.05) is 19.9 Å². The highest BCUT2D eigenvalue weighted by Crippen LogP contribution is 2.33. The molecule has 1 N–H and O–H groups in total. The van der Waals surface area contributed by atoms with Crippen LogP contribution in [0.4, 0.5) is 5.69 Å². The predicted molar refractivity (Wildman–Crippen MR) is 177 cm³/mol. The lowest BCUT2D eigenvalue weighted by Crippen LogP contribution is -2.52. The van der Waals surface area contributed by atoms with Gasteiger partial charge in [0, 0.05) is 28.7 Å². The highest BCUT2D eigenvalue weighted by molar-refractivity contribution is 7.92. The first-order chi connectivity index (χ1) is 21.3. The lowest BCUT2D eigenvalue weighted by molar-refractivity contribution is -0.139. The monoisotopic (exact) mass is 675 g/mol. The minimum Gasteiger partial charge on any atom is -0.493 e. The second-order valence-electron chi connectivity index (χ2n) is 11.3. The van der Waals surface area contributed by atoms with Crippen molar-refractivity contribution in [2.45, 2.75) is 70.0 Å². The Bertz CT molecular complexity index is 1640. The van der Waals surface area contributed by atoms with E-state index in [9.17, 15) is 18.0 Å². The molecule has 0 aliphatic heterocycles. The van der Waals surface area contributed by atoms with E-state index in [0.29, 0.717) is 27.0 Å². The predicted octanol–water partition coefficient (Wildman–Crippen LogP) is 6.30. The number of halogens is 2. The number of sulfonamides is 1. The van der Waals surface area contributed by atoms with Crippen LogP contribution >= 0.6 is 23.2 Å². The van der Waals surface area contributed by atoms with Crippen molar-refractivity contribution in [2.75, 3.05) is 25.1 Å². The Labute approximate surface area is 275 Å². The number of benzene rings is 3. The van der Waals surface area contributed by atoms with Crippen LogP contribution in [0.1, 0.15) is 49.3 Å². The third-order valence-corrected chi connectivity index (χ3v) is 10.3. The number of methoxy groups -OCH3 is 2. The SMILES string of the molecule is COc1ccc(S(=O)(=O)N(CC(=O)N(Cc2ccc(Cl)cc2Cl)[C@@H](C)C(=O)NC2CCCC2)c2cc(C)cc(C)c2)cc1OC. The maximum absolute atomic E-state index is 14.3. The van der Waals surface area contributed by atoms with Gasteiger partial charge in [-0.15, -0.1) is 0 Å². The van der Waals surface area contributed by atoms with Gasteiger partial charge in [0.1, 0.15) is 12.6 Å². The van der Waals surface area contributed by atoms with E-state index in [0.717, 1.165) is 41.1 Å². The fourth-order valence-corrected chi connectivity index (χ4v) is 7.42. The molecule has 1 fully saturated rings. The van der Waals surface area contributed by atoms with Gasteiger partial charge >= 0.3 is 0 Å². The van der Waals surface area contributed by atoms with Crippen LogP contribution in [-0.4, -0.2) is 58.0 Å². The second-order valence-corrected chi connectivity index (χ2v) is 14.0. The first-order valence-corrected chi connectivity index (χ1v) is 16.9. The Balaban J connectivity index is 1.76. The fourth-order valence-electron chi connectivity index (χ4n) is 5.54. The van der Waals surface area contributed by atoms with E-state index < -0.39 is 28.5 Å². The van der Waals surface area contributed by atoms with Crippen molar-refractivity contribution >= 4 is 50.7 Å². The lowest BCUT2D eigenvalue weighted by Gasteiger charge is -2.33. The van der Waals surface area contributed by atoms with Gasteiger partial charge in [-0.25, -0.2) is 8.42 Å². The van der Waals surface area contributed by atoms with Crippen molar-refractivity contribution in [3.05, 3.63) is 81.3 Å². The summed E-state index contributed by atoms with van der Waals surface area (Å²) >= 11 is 12.6. The van der Waals surface area contributed by atoms with Crippen LogP contribution in [-0.2, 0) is 26.2 Å². The van der Waals surface area contributed by atoms with Gasteiger partial charge in [0.2, 0.25) is 11.8 Å². The molecule has 1 atom stereocenters. The summed E-state index contributed by atoms with van der Waals surface area (Å²) in [4.78, 5) is 29.0. The molecule has 0 spiro atoms. The van der Waals surface area contributed by atoms with E-state index in [-0.39, 0.29) is 29.1 Å². The van der Waals surface area contributed by atoms with Crippen LogP contribution < -0.4 is 19.1 Å².